The average Bonchev–Trinajstić information content (AvgIpc) is 2.52. The van der Waals surface area contributed by atoms with Crippen LogP contribution in [0.2, 0.25) is 0 Å². The number of aryl methyl sites for hydroxylation is 1. The number of aliphatic hydroxyl groups is 1. The van der Waals surface area contributed by atoms with Gasteiger partial charge in [0.1, 0.15) is 17.1 Å². The van der Waals surface area contributed by atoms with E-state index in [1.165, 1.54) is 18.2 Å². The van der Waals surface area contributed by atoms with Crippen molar-refractivity contribution in [2.75, 3.05) is 0 Å². The lowest BCUT2D eigenvalue weighted by Gasteiger charge is -2.04. The lowest BCUT2D eigenvalue weighted by atomic mass is 10.1. The van der Waals surface area contributed by atoms with Gasteiger partial charge in [-0.05, 0) is 25.1 Å². The molecule has 2 aromatic rings. The summed E-state index contributed by atoms with van der Waals surface area (Å²) < 4.78 is 5.29. The molecular weight excluding hydrogens is 212 g/mol. The van der Waals surface area contributed by atoms with Gasteiger partial charge < -0.3 is 19.7 Å². The summed E-state index contributed by atoms with van der Waals surface area (Å²) in [6, 6.07) is 4.32. The maximum atomic E-state index is 10.7. The highest BCUT2D eigenvalue weighted by molar-refractivity contribution is 5.89. The first-order valence-corrected chi connectivity index (χ1v) is 4.63. The minimum Gasteiger partial charge on any atom is -0.508 e. The number of fused-ring (bicyclic) bond motifs is 1. The Morgan fingerprint density at radius 2 is 2.12 bits per heavy atom. The highest BCUT2D eigenvalue weighted by Crippen LogP contribution is 2.32. The molecule has 1 aromatic carbocycles. The van der Waals surface area contributed by atoms with E-state index < -0.39 is 12.1 Å². The monoisotopic (exact) mass is 222 g/mol. The van der Waals surface area contributed by atoms with E-state index in [0.29, 0.717) is 16.7 Å². The van der Waals surface area contributed by atoms with Crippen LogP contribution in [0.15, 0.2) is 22.6 Å². The maximum Gasteiger partial charge on any atom is 0.337 e. The highest BCUT2D eigenvalue weighted by Gasteiger charge is 2.24. The summed E-state index contributed by atoms with van der Waals surface area (Å²) >= 11 is 0. The first kappa shape index (κ1) is 10.5. The fraction of sp³-hybridized carbons (Fsp3) is 0.182. The second-order valence-electron chi connectivity index (χ2n) is 3.49. The number of hydrogen-bond donors (Lipinski definition) is 3. The molecule has 0 aliphatic rings. The molecule has 0 saturated carbocycles. The van der Waals surface area contributed by atoms with Crippen molar-refractivity contribution >= 4 is 16.9 Å². The molecule has 0 aliphatic carbocycles. The molecule has 3 N–H and O–H groups in total. The molecule has 0 bridgehead atoms. The molecule has 2 rings (SSSR count). The van der Waals surface area contributed by atoms with Crippen LogP contribution in [0.5, 0.6) is 5.75 Å². The van der Waals surface area contributed by atoms with Gasteiger partial charge in [-0.3, -0.25) is 0 Å². The van der Waals surface area contributed by atoms with Crippen molar-refractivity contribution in [3.63, 3.8) is 0 Å². The lowest BCUT2D eigenvalue weighted by Crippen LogP contribution is -2.10. The molecule has 0 saturated heterocycles. The highest BCUT2D eigenvalue weighted by atomic mass is 16.4. The Kier molecular flexibility index (Phi) is 2.32. The summed E-state index contributed by atoms with van der Waals surface area (Å²) in [5.74, 6) is -1.03. The smallest absolute Gasteiger partial charge is 0.337 e. The number of phenols is 1. The molecule has 0 amide bonds. The number of carboxylic acids is 1. The van der Waals surface area contributed by atoms with Crippen molar-refractivity contribution in [1.29, 1.82) is 0 Å². The fourth-order valence-electron chi connectivity index (χ4n) is 1.69. The Balaban J connectivity index is 2.72. The number of furan rings is 1. The number of benzene rings is 1. The van der Waals surface area contributed by atoms with Crippen molar-refractivity contribution in [3.05, 3.63) is 29.5 Å². The Labute approximate surface area is 90.5 Å². The predicted molar refractivity (Wildman–Crippen MR) is 55.2 cm³/mol. The number of hydrogen-bond acceptors (Lipinski definition) is 4. The summed E-state index contributed by atoms with van der Waals surface area (Å²) in [6.45, 7) is 1.57. The molecule has 0 fully saturated rings. The summed E-state index contributed by atoms with van der Waals surface area (Å²) in [6.07, 6.45) is -1.65. The van der Waals surface area contributed by atoms with Crippen LogP contribution in [-0.2, 0) is 4.79 Å². The Morgan fingerprint density at radius 1 is 1.44 bits per heavy atom. The van der Waals surface area contributed by atoms with Gasteiger partial charge >= 0.3 is 5.97 Å². The first-order valence-electron chi connectivity index (χ1n) is 4.63. The van der Waals surface area contributed by atoms with E-state index in [4.69, 9.17) is 9.52 Å². The topological polar surface area (TPSA) is 90.9 Å². The predicted octanol–water partition coefficient (Wildman–Crippen LogP) is 1.56. The average molecular weight is 222 g/mol. The van der Waals surface area contributed by atoms with E-state index in [1.54, 1.807) is 6.92 Å². The van der Waals surface area contributed by atoms with Crippen molar-refractivity contribution < 1.29 is 24.5 Å². The van der Waals surface area contributed by atoms with Gasteiger partial charge in [-0.1, -0.05) is 0 Å². The van der Waals surface area contributed by atoms with Gasteiger partial charge in [-0.2, -0.15) is 0 Å². The van der Waals surface area contributed by atoms with Gasteiger partial charge in [0, 0.05) is 10.9 Å². The Morgan fingerprint density at radius 3 is 2.75 bits per heavy atom. The van der Waals surface area contributed by atoms with Crippen molar-refractivity contribution in [3.8, 4) is 5.75 Å². The quantitative estimate of drug-likeness (QED) is 0.717. The van der Waals surface area contributed by atoms with Crippen LogP contribution in [0.4, 0.5) is 0 Å². The summed E-state index contributed by atoms with van der Waals surface area (Å²) in [7, 11) is 0. The number of aliphatic carboxylic acids is 1. The van der Waals surface area contributed by atoms with E-state index >= 15 is 0 Å². The van der Waals surface area contributed by atoms with E-state index in [2.05, 4.69) is 0 Å². The molecule has 5 heteroatoms. The molecule has 0 radical (unpaired) electrons. The van der Waals surface area contributed by atoms with Crippen molar-refractivity contribution in [2.45, 2.75) is 13.0 Å². The fourth-order valence-corrected chi connectivity index (χ4v) is 1.69. The minimum atomic E-state index is -1.65. The molecular formula is C11H10O5. The standard InChI is InChI=1S/C11H10O5/c1-5-9(10(13)11(14)15)7-4-6(12)2-3-8(7)16-5/h2-4,10,12-13H,1H3,(H,14,15). The van der Waals surface area contributed by atoms with Crippen LogP contribution >= 0.6 is 0 Å². The van der Waals surface area contributed by atoms with Gasteiger partial charge in [0.15, 0.2) is 6.10 Å². The van der Waals surface area contributed by atoms with E-state index in [0.717, 1.165) is 0 Å². The minimum absolute atomic E-state index is 0.00728. The summed E-state index contributed by atoms with van der Waals surface area (Å²) in [5.41, 5.74) is 0.615. The molecule has 0 spiro atoms. The van der Waals surface area contributed by atoms with Crippen molar-refractivity contribution in [1.82, 2.24) is 0 Å². The number of aromatic hydroxyl groups is 1. The molecule has 1 atom stereocenters. The van der Waals surface area contributed by atoms with Crippen LogP contribution in [0.25, 0.3) is 11.0 Å². The van der Waals surface area contributed by atoms with Crippen LogP contribution in [0, 0.1) is 6.92 Å². The second kappa shape index (κ2) is 3.53. The zero-order valence-corrected chi connectivity index (χ0v) is 8.47. The molecule has 5 nitrogen and oxygen atoms in total. The van der Waals surface area contributed by atoms with Gasteiger partial charge in [0.25, 0.3) is 0 Å². The zero-order valence-electron chi connectivity index (χ0n) is 8.47. The van der Waals surface area contributed by atoms with Crippen LogP contribution in [0.3, 0.4) is 0 Å². The second-order valence-corrected chi connectivity index (χ2v) is 3.49. The lowest BCUT2D eigenvalue weighted by molar-refractivity contribution is -0.146. The normalized spacial score (nSPS) is 12.9. The van der Waals surface area contributed by atoms with Gasteiger partial charge in [0.2, 0.25) is 0 Å². The number of aliphatic hydroxyl groups excluding tert-OH is 1. The number of carboxylic acid groups (broad SMARTS) is 1. The van der Waals surface area contributed by atoms with Gasteiger partial charge in [0.05, 0.1) is 0 Å². The Bertz CT molecular complexity index is 555. The molecule has 1 unspecified atom stereocenters. The SMILES string of the molecule is Cc1oc2ccc(O)cc2c1C(O)C(=O)O. The molecule has 1 aromatic heterocycles. The van der Waals surface area contributed by atoms with E-state index in [-0.39, 0.29) is 11.3 Å². The molecule has 0 aliphatic heterocycles. The first-order chi connectivity index (χ1) is 7.50. The third-order valence-corrected chi connectivity index (χ3v) is 2.40. The maximum absolute atomic E-state index is 10.7. The number of phenolic OH excluding ortho intramolecular Hbond substituents is 1. The number of carbonyl (C=O) groups is 1. The summed E-state index contributed by atoms with van der Waals surface area (Å²) in [5, 5.41) is 28.0. The third kappa shape index (κ3) is 1.51. The van der Waals surface area contributed by atoms with Crippen molar-refractivity contribution in [2.24, 2.45) is 0 Å². The van der Waals surface area contributed by atoms with Gasteiger partial charge in [-0.25, -0.2) is 4.79 Å². The van der Waals surface area contributed by atoms with Crippen LogP contribution in [-0.4, -0.2) is 21.3 Å². The Hall–Kier alpha value is -2.01. The van der Waals surface area contributed by atoms with Gasteiger partial charge in [-0.15, -0.1) is 0 Å². The van der Waals surface area contributed by atoms with E-state index in [1.807, 2.05) is 0 Å². The number of rotatable bonds is 2. The molecule has 1 heterocycles. The zero-order chi connectivity index (χ0) is 11.9. The molecule has 16 heavy (non-hydrogen) atoms. The third-order valence-electron chi connectivity index (χ3n) is 2.40. The van der Waals surface area contributed by atoms with E-state index in [9.17, 15) is 15.0 Å². The largest absolute Gasteiger partial charge is 0.508 e. The van der Waals surface area contributed by atoms with Crippen LogP contribution < -0.4 is 0 Å². The van der Waals surface area contributed by atoms with Crippen LogP contribution in [0.1, 0.15) is 17.4 Å². The molecule has 84 valence electrons. The summed E-state index contributed by atoms with van der Waals surface area (Å²) in [4.78, 5) is 10.7.